The fraction of sp³-hybridized carbons (Fsp3) is 0.294. The van der Waals surface area contributed by atoms with Crippen molar-refractivity contribution in [3.8, 4) is 17.2 Å². The van der Waals surface area contributed by atoms with Gasteiger partial charge in [0.05, 0.1) is 5.56 Å². The lowest BCUT2D eigenvalue weighted by Crippen LogP contribution is -2.08. The average molecular weight is 379 g/mol. The van der Waals surface area contributed by atoms with E-state index in [1.165, 1.54) is 30.6 Å². The van der Waals surface area contributed by atoms with Crippen LogP contribution in [0.15, 0.2) is 41.5 Å². The van der Waals surface area contributed by atoms with Crippen LogP contribution in [0.4, 0.5) is 13.2 Å². The molecule has 0 atom stereocenters. The number of benzene rings is 1. The lowest BCUT2D eigenvalue weighted by atomic mass is 10.0. The molecule has 0 amide bonds. The van der Waals surface area contributed by atoms with Gasteiger partial charge in [-0.05, 0) is 62.1 Å². The molecule has 0 aliphatic heterocycles. The van der Waals surface area contributed by atoms with Crippen molar-refractivity contribution >= 4 is 11.5 Å². The summed E-state index contributed by atoms with van der Waals surface area (Å²) >= 11 is 1.27. The van der Waals surface area contributed by atoms with Gasteiger partial charge in [-0.3, -0.25) is 4.99 Å². The van der Waals surface area contributed by atoms with E-state index in [2.05, 4.69) is 20.2 Å². The molecule has 26 heavy (non-hydrogen) atoms. The molecule has 0 aliphatic rings. The van der Waals surface area contributed by atoms with E-state index in [-0.39, 0.29) is 11.6 Å². The predicted molar refractivity (Wildman–Crippen MR) is 92.9 cm³/mol. The SMILES string of the molecule is Cc1cc(-c2nc(=NC(C)C)sn2-c2cccnn2)ccc1C(F)(F)F. The Labute approximate surface area is 152 Å². The van der Waals surface area contributed by atoms with Gasteiger partial charge in [0.15, 0.2) is 11.6 Å². The van der Waals surface area contributed by atoms with Crippen LogP contribution in [0.3, 0.4) is 0 Å². The molecule has 3 aromatic rings. The highest BCUT2D eigenvalue weighted by atomic mass is 32.1. The van der Waals surface area contributed by atoms with E-state index in [1.807, 2.05) is 13.8 Å². The van der Waals surface area contributed by atoms with Crippen molar-refractivity contribution in [2.24, 2.45) is 4.99 Å². The van der Waals surface area contributed by atoms with Crippen LogP contribution in [-0.4, -0.2) is 25.2 Å². The van der Waals surface area contributed by atoms with Crippen LogP contribution in [0.5, 0.6) is 0 Å². The van der Waals surface area contributed by atoms with E-state index >= 15 is 0 Å². The first kappa shape index (κ1) is 18.2. The maximum Gasteiger partial charge on any atom is 0.416 e. The van der Waals surface area contributed by atoms with Gasteiger partial charge in [-0.15, -0.1) is 5.10 Å². The molecule has 0 N–H and O–H groups in total. The lowest BCUT2D eigenvalue weighted by Gasteiger charge is -2.11. The molecule has 9 heteroatoms. The Balaban J connectivity index is 2.18. The number of aryl methyl sites for hydroxylation is 1. The minimum Gasteiger partial charge on any atom is -0.253 e. The van der Waals surface area contributed by atoms with Crippen LogP contribution in [0.1, 0.15) is 25.0 Å². The average Bonchev–Trinajstić information content (AvgIpc) is 2.97. The number of hydrogen-bond acceptors (Lipinski definition) is 5. The van der Waals surface area contributed by atoms with E-state index in [4.69, 9.17) is 0 Å². The van der Waals surface area contributed by atoms with Crippen LogP contribution < -0.4 is 4.80 Å². The van der Waals surface area contributed by atoms with Crippen molar-refractivity contribution in [3.63, 3.8) is 0 Å². The summed E-state index contributed by atoms with van der Waals surface area (Å²) in [5.74, 6) is 1.01. The third kappa shape index (κ3) is 3.82. The van der Waals surface area contributed by atoms with Crippen molar-refractivity contribution in [1.82, 2.24) is 19.1 Å². The minimum absolute atomic E-state index is 0.0404. The van der Waals surface area contributed by atoms with Crippen LogP contribution in [0.25, 0.3) is 17.2 Å². The summed E-state index contributed by atoms with van der Waals surface area (Å²) in [7, 11) is 0. The smallest absolute Gasteiger partial charge is 0.253 e. The first-order chi connectivity index (χ1) is 12.3. The first-order valence-corrected chi connectivity index (χ1v) is 8.63. The molecule has 0 saturated carbocycles. The summed E-state index contributed by atoms with van der Waals surface area (Å²) in [5.41, 5.74) is 0.0354. The molecule has 0 aliphatic carbocycles. The van der Waals surface area contributed by atoms with Crippen molar-refractivity contribution in [2.45, 2.75) is 33.0 Å². The molecule has 3 rings (SSSR count). The number of nitrogens with zero attached hydrogens (tertiary/aromatic N) is 5. The first-order valence-electron chi connectivity index (χ1n) is 7.86. The molecular weight excluding hydrogens is 363 g/mol. The number of rotatable bonds is 3. The molecule has 1 aromatic carbocycles. The molecule has 5 nitrogen and oxygen atoms in total. The standard InChI is InChI=1S/C17H16F3N5S/c1-10(2)22-16-23-15(25(26-16)14-5-4-8-21-24-14)12-6-7-13(11(3)9-12)17(18,19)20/h4-10H,1-3H3. The monoisotopic (exact) mass is 379 g/mol. The maximum absolute atomic E-state index is 13.0. The zero-order chi connectivity index (χ0) is 18.9. The number of alkyl halides is 3. The predicted octanol–water partition coefficient (Wildman–Crippen LogP) is 4.03. The molecule has 136 valence electrons. The topological polar surface area (TPSA) is 56.0 Å². The van der Waals surface area contributed by atoms with Crippen molar-refractivity contribution in [2.75, 3.05) is 0 Å². The molecular formula is C17H16F3N5S. The zero-order valence-corrected chi connectivity index (χ0v) is 15.1. The van der Waals surface area contributed by atoms with Gasteiger partial charge >= 0.3 is 6.18 Å². The third-order valence-electron chi connectivity index (χ3n) is 3.49. The molecule has 0 spiro atoms. The van der Waals surface area contributed by atoms with E-state index in [9.17, 15) is 13.2 Å². The number of hydrogen-bond donors (Lipinski definition) is 0. The van der Waals surface area contributed by atoms with Crippen molar-refractivity contribution < 1.29 is 13.2 Å². The highest BCUT2D eigenvalue weighted by Crippen LogP contribution is 2.34. The van der Waals surface area contributed by atoms with Gasteiger partial charge in [-0.25, -0.2) is 3.96 Å². The van der Waals surface area contributed by atoms with Gasteiger partial charge in [0.2, 0.25) is 4.80 Å². The number of halogens is 3. The third-order valence-corrected chi connectivity index (χ3v) is 4.39. The molecule has 0 unspecified atom stereocenters. The Bertz CT molecular complexity index is 974. The summed E-state index contributed by atoms with van der Waals surface area (Å²) in [6.07, 6.45) is -2.84. The second kappa shape index (κ2) is 6.99. The Kier molecular flexibility index (Phi) is 4.90. The summed E-state index contributed by atoms with van der Waals surface area (Å²) < 4.78 is 40.8. The van der Waals surface area contributed by atoms with Crippen molar-refractivity contribution in [1.29, 1.82) is 0 Å². The normalized spacial score (nSPS) is 12.8. The molecule has 0 saturated heterocycles. The van der Waals surface area contributed by atoms with E-state index in [0.717, 1.165) is 6.07 Å². The Morgan fingerprint density at radius 1 is 1.19 bits per heavy atom. The summed E-state index contributed by atoms with van der Waals surface area (Å²) in [4.78, 5) is 9.45. The second-order valence-corrected chi connectivity index (χ2v) is 6.85. The van der Waals surface area contributed by atoms with Crippen molar-refractivity contribution in [3.05, 3.63) is 52.5 Å². The van der Waals surface area contributed by atoms with E-state index in [1.54, 1.807) is 22.3 Å². The fourth-order valence-corrected chi connectivity index (χ4v) is 3.39. The Morgan fingerprint density at radius 3 is 2.54 bits per heavy atom. The molecule has 0 bridgehead atoms. The Morgan fingerprint density at radius 2 is 1.96 bits per heavy atom. The summed E-state index contributed by atoms with van der Waals surface area (Å²) in [6.45, 7) is 5.29. The Hall–Kier alpha value is -2.55. The van der Waals surface area contributed by atoms with Gasteiger partial charge in [0.25, 0.3) is 0 Å². The molecule has 0 radical (unpaired) electrons. The van der Waals surface area contributed by atoms with Gasteiger partial charge in [0.1, 0.15) is 0 Å². The minimum atomic E-state index is -4.39. The van der Waals surface area contributed by atoms with Crippen LogP contribution in [-0.2, 0) is 6.18 Å². The van der Waals surface area contributed by atoms with Crippen LogP contribution in [0.2, 0.25) is 0 Å². The summed E-state index contributed by atoms with van der Waals surface area (Å²) in [5, 5.41) is 7.93. The van der Waals surface area contributed by atoms with Gasteiger partial charge in [-0.2, -0.15) is 23.3 Å². The summed E-state index contributed by atoms with van der Waals surface area (Å²) in [6, 6.07) is 7.49. The molecule has 2 heterocycles. The van der Waals surface area contributed by atoms with Gasteiger partial charge < -0.3 is 0 Å². The zero-order valence-electron chi connectivity index (χ0n) is 14.3. The van der Waals surface area contributed by atoms with Gasteiger partial charge in [-0.1, -0.05) is 6.07 Å². The van der Waals surface area contributed by atoms with E-state index < -0.39 is 11.7 Å². The van der Waals surface area contributed by atoms with Crippen LogP contribution >= 0.6 is 11.5 Å². The van der Waals surface area contributed by atoms with E-state index in [0.29, 0.717) is 22.0 Å². The molecule has 0 fully saturated rings. The largest absolute Gasteiger partial charge is 0.416 e. The number of aromatic nitrogens is 4. The highest BCUT2D eigenvalue weighted by Gasteiger charge is 2.32. The van der Waals surface area contributed by atoms with Crippen LogP contribution in [0, 0.1) is 6.92 Å². The quantitative estimate of drug-likeness (QED) is 0.690. The fourth-order valence-electron chi connectivity index (χ4n) is 2.41. The second-order valence-electron chi connectivity index (χ2n) is 5.94. The highest BCUT2D eigenvalue weighted by molar-refractivity contribution is 7.04. The molecule has 2 aromatic heterocycles. The maximum atomic E-state index is 13.0. The van der Waals surface area contributed by atoms with Gasteiger partial charge in [0, 0.05) is 17.8 Å². The lowest BCUT2D eigenvalue weighted by molar-refractivity contribution is -0.138.